The number of aryl methyl sites for hydroxylation is 1. The van der Waals surface area contributed by atoms with Crippen molar-refractivity contribution in [2.75, 3.05) is 11.1 Å². The van der Waals surface area contributed by atoms with Crippen LogP contribution in [0.5, 0.6) is 0 Å². The molecule has 8 heteroatoms. The third-order valence-electron chi connectivity index (χ3n) is 3.82. The Morgan fingerprint density at radius 1 is 1.30 bits per heavy atom. The number of carbonyl (C=O) groups is 1. The lowest BCUT2D eigenvalue weighted by Gasteiger charge is -2.07. The van der Waals surface area contributed by atoms with Crippen LogP contribution in [-0.2, 0) is 4.79 Å². The van der Waals surface area contributed by atoms with E-state index < -0.39 is 0 Å². The van der Waals surface area contributed by atoms with Crippen LogP contribution in [0, 0.1) is 6.92 Å². The van der Waals surface area contributed by atoms with E-state index in [-0.39, 0.29) is 11.7 Å². The summed E-state index contributed by atoms with van der Waals surface area (Å²) < 4.78 is 2.97. The number of amides is 1. The lowest BCUT2D eigenvalue weighted by Crippen LogP contribution is -2.14. The molecule has 0 spiro atoms. The molecule has 2 heterocycles. The lowest BCUT2D eigenvalue weighted by atomic mass is 10.2. The highest BCUT2D eigenvalue weighted by Gasteiger charge is 2.12. The number of halogens is 1. The molecule has 4 rings (SSSR count). The van der Waals surface area contributed by atoms with Crippen molar-refractivity contribution in [3.05, 3.63) is 65.4 Å². The van der Waals surface area contributed by atoms with Gasteiger partial charge in [-0.05, 0) is 42.8 Å². The quantitative estimate of drug-likeness (QED) is 0.457. The van der Waals surface area contributed by atoms with Gasteiger partial charge in [0.25, 0.3) is 0 Å². The van der Waals surface area contributed by atoms with E-state index in [0.717, 1.165) is 21.1 Å². The van der Waals surface area contributed by atoms with Gasteiger partial charge in [0, 0.05) is 23.1 Å². The number of fused-ring (bicyclic) bond motifs is 1. The Kier molecular flexibility index (Phi) is 5.15. The van der Waals surface area contributed by atoms with E-state index in [0.29, 0.717) is 10.2 Å². The first kappa shape index (κ1) is 18.0. The molecule has 0 unspecified atom stereocenters. The van der Waals surface area contributed by atoms with Gasteiger partial charge in [-0.3, -0.25) is 9.36 Å². The number of benzene rings is 2. The number of thiazole rings is 1. The second-order valence-corrected chi connectivity index (χ2v) is 8.30. The van der Waals surface area contributed by atoms with Gasteiger partial charge < -0.3 is 5.32 Å². The number of carbonyl (C=O) groups excluding carboxylic acids is 1. The second kappa shape index (κ2) is 7.72. The van der Waals surface area contributed by atoms with Crippen molar-refractivity contribution in [1.82, 2.24) is 14.5 Å². The molecule has 0 radical (unpaired) electrons. The SMILES string of the molecule is Cc1ccc2nc(NC(=O)CSc3nccn3-c3cccc(Cl)c3)sc2c1. The number of rotatable bonds is 5. The van der Waals surface area contributed by atoms with Gasteiger partial charge in [0.15, 0.2) is 10.3 Å². The van der Waals surface area contributed by atoms with Crippen LogP contribution in [0.15, 0.2) is 60.0 Å². The Labute approximate surface area is 169 Å². The van der Waals surface area contributed by atoms with Gasteiger partial charge in [-0.25, -0.2) is 9.97 Å². The van der Waals surface area contributed by atoms with Crippen molar-refractivity contribution >= 4 is 56.0 Å². The van der Waals surface area contributed by atoms with Gasteiger partial charge in [0.1, 0.15) is 0 Å². The number of hydrogen-bond donors (Lipinski definition) is 1. The van der Waals surface area contributed by atoms with E-state index in [9.17, 15) is 4.79 Å². The summed E-state index contributed by atoms with van der Waals surface area (Å²) in [6.45, 7) is 2.04. The molecule has 4 aromatic rings. The molecular formula is C19H15ClN4OS2. The zero-order chi connectivity index (χ0) is 18.8. The number of nitrogens with one attached hydrogen (secondary N) is 1. The van der Waals surface area contributed by atoms with Crippen LogP contribution in [0.3, 0.4) is 0 Å². The molecule has 0 saturated heterocycles. The summed E-state index contributed by atoms with van der Waals surface area (Å²) in [6.07, 6.45) is 3.55. The van der Waals surface area contributed by atoms with Gasteiger partial charge in [-0.1, -0.05) is 46.8 Å². The minimum Gasteiger partial charge on any atom is -0.301 e. The van der Waals surface area contributed by atoms with Crippen molar-refractivity contribution in [3.63, 3.8) is 0 Å². The zero-order valence-electron chi connectivity index (χ0n) is 14.3. The molecular weight excluding hydrogens is 400 g/mol. The topological polar surface area (TPSA) is 59.8 Å². The third-order valence-corrected chi connectivity index (χ3v) is 5.95. The molecule has 2 aromatic carbocycles. The summed E-state index contributed by atoms with van der Waals surface area (Å²) >= 11 is 8.91. The molecule has 0 aliphatic rings. The lowest BCUT2D eigenvalue weighted by molar-refractivity contribution is -0.113. The molecule has 5 nitrogen and oxygen atoms in total. The highest BCUT2D eigenvalue weighted by molar-refractivity contribution is 7.99. The van der Waals surface area contributed by atoms with Crippen LogP contribution in [-0.4, -0.2) is 26.2 Å². The fourth-order valence-corrected chi connectivity index (χ4v) is 4.53. The molecule has 0 saturated carbocycles. The van der Waals surface area contributed by atoms with Gasteiger partial charge in [-0.15, -0.1) is 0 Å². The van der Waals surface area contributed by atoms with Crippen molar-refractivity contribution in [2.24, 2.45) is 0 Å². The molecule has 0 aliphatic heterocycles. The maximum Gasteiger partial charge on any atom is 0.236 e. The molecule has 27 heavy (non-hydrogen) atoms. The maximum atomic E-state index is 12.3. The minimum absolute atomic E-state index is 0.114. The van der Waals surface area contributed by atoms with E-state index in [4.69, 9.17) is 11.6 Å². The van der Waals surface area contributed by atoms with Crippen molar-refractivity contribution in [1.29, 1.82) is 0 Å². The smallest absolute Gasteiger partial charge is 0.236 e. The molecule has 0 aliphatic carbocycles. The third kappa shape index (κ3) is 4.16. The maximum absolute atomic E-state index is 12.3. The predicted octanol–water partition coefficient (Wildman–Crippen LogP) is 5.17. The normalized spacial score (nSPS) is 11.0. The molecule has 2 aromatic heterocycles. The molecule has 1 amide bonds. The number of anilines is 1. The van der Waals surface area contributed by atoms with E-state index >= 15 is 0 Å². The van der Waals surface area contributed by atoms with Gasteiger partial charge in [0.2, 0.25) is 5.91 Å². The first-order valence-corrected chi connectivity index (χ1v) is 10.4. The summed E-state index contributed by atoms with van der Waals surface area (Å²) in [5.41, 5.74) is 2.97. The first-order valence-electron chi connectivity index (χ1n) is 8.17. The van der Waals surface area contributed by atoms with E-state index in [1.165, 1.54) is 28.7 Å². The van der Waals surface area contributed by atoms with Crippen molar-refractivity contribution in [2.45, 2.75) is 12.1 Å². The second-order valence-electron chi connectivity index (χ2n) is 5.89. The molecule has 0 fully saturated rings. The summed E-state index contributed by atoms with van der Waals surface area (Å²) in [5.74, 6) is 0.128. The minimum atomic E-state index is -0.114. The van der Waals surface area contributed by atoms with Crippen LogP contribution in [0.1, 0.15) is 5.56 Å². The van der Waals surface area contributed by atoms with E-state index in [1.54, 1.807) is 6.20 Å². The van der Waals surface area contributed by atoms with Crippen LogP contribution in [0.4, 0.5) is 5.13 Å². The Morgan fingerprint density at radius 2 is 2.19 bits per heavy atom. The summed E-state index contributed by atoms with van der Waals surface area (Å²) in [5, 5.41) is 4.86. The fourth-order valence-electron chi connectivity index (χ4n) is 2.59. The number of aromatic nitrogens is 3. The largest absolute Gasteiger partial charge is 0.301 e. The predicted molar refractivity (Wildman–Crippen MR) is 112 cm³/mol. The van der Waals surface area contributed by atoms with E-state index in [2.05, 4.69) is 21.4 Å². The standard InChI is InChI=1S/C19H15ClN4OS2/c1-12-5-6-15-16(9-12)27-18(22-15)23-17(25)11-26-19-21-7-8-24(19)14-4-2-3-13(20)10-14/h2-10H,11H2,1H3,(H,22,23,25). The van der Waals surface area contributed by atoms with Crippen LogP contribution in [0.2, 0.25) is 5.02 Å². The summed E-state index contributed by atoms with van der Waals surface area (Å²) in [6, 6.07) is 13.6. The first-order chi connectivity index (χ1) is 13.1. The zero-order valence-corrected chi connectivity index (χ0v) is 16.7. The Morgan fingerprint density at radius 3 is 3.04 bits per heavy atom. The highest BCUT2D eigenvalue weighted by atomic mass is 35.5. The van der Waals surface area contributed by atoms with E-state index in [1.807, 2.05) is 54.1 Å². The molecule has 136 valence electrons. The molecule has 0 bridgehead atoms. The Hall–Kier alpha value is -2.35. The number of hydrogen-bond acceptors (Lipinski definition) is 5. The molecule has 0 atom stereocenters. The van der Waals surface area contributed by atoms with Crippen LogP contribution >= 0.6 is 34.7 Å². The molecule has 1 N–H and O–H groups in total. The number of nitrogens with zero attached hydrogens (tertiary/aromatic N) is 3. The fraction of sp³-hybridized carbons (Fsp3) is 0.105. The van der Waals surface area contributed by atoms with Crippen LogP contribution in [0.25, 0.3) is 15.9 Å². The number of imidazole rings is 1. The average Bonchev–Trinajstić information content (AvgIpc) is 3.25. The van der Waals surface area contributed by atoms with Crippen molar-refractivity contribution in [3.8, 4) is 5.69 Å². The Balaban J connectivity index is 1.43. The number of thioether (sulfide) groups is 1. The summed E-state index contributed by atoms with van der Waals surface area (Å²) in [7, 11) is 0. The Bertz CT molecular complexity index is 1120. The van der Waals surface area contributed by atoms with Gasteiger partial charge >= 0.3 is 0 Å². The monoisotopic (exact) mass is 414 g/mol. The van der Waals surface area contributed by atoms with Gasteiger partial charge in [-0.2, -0.15) is 0 Å². The van der Waals surface area contributed by atoms with Gasteiger partial charge in [0.05, 0.1) is 16.0 Å². The summed E-state index contributed by atoms with van der Waals surface area (Å²) in [4.78, 5) is 21.1. The van der Waals surface area contributed by atoms with Crippen LogP contribution < -0.4 is 5.32 Å². The highest BCUT2D eigenvalue weighted by Crippen LogP contribution is 2.27. The average molecular weight is 415 g/mol. The van der Waals surface area contributed by atoms with Crippen molar-refractivity contribution < 1.29 is 4.79 Å².